The first-order valence-electron chi connectivity index (χ1n) is 6.16. The van der Waals surface area contributed by atoms with Gasteiger partial charge in [0.2, 0.25) is 0 Å². The lowest BCUT2D eigenvalue weighted by Gasteiger charge is -2.19. The Hall–Kier alpha value is -1.61. The number of fused-ring (bicyclic) bond motifs is 1. The molecule has 0 fully saturated rings. The zero-order chi connectivity index (χ0) is 12.5. The Morgan fingerprint density at radius 3 is 2.89 bits per heavy atom. The molecule has 2 heterocycles. The van der Waals surface area contributed by atoms with Crippen LogP contribution in [0.3, 0.4) is 0 Å². The average molecular weight is 260 g/mol. The summed E-state index contributed by atoms with van der Waals surface area (Å²) in [7, 11) is 0. The first-order valence-corrected chi connectivity index (χ1v) is 6.54. The van der Waals surface area contributed by atoms with Gasteiger partial charge in [0.1, 0.15) is 11.3 Å². The molecule has 3 nitrogen and oxygen atoms in total. The lowest BCUT2D eigenvalue weighted by atomic mass is 10.1. The van der Waals surface area contributed by atoms with Gasteiger partial charge in [-0.2, -0.15) is 0 Å². The number of aromatic nitrogens is 2. The van der Waals surface area contributed by atoms with Crippen LogP contribution in [0.2, 0.25) is 5.02 Å². The molecule has 1 aromatic heterocycles. The predicted octanol–water partition coefficient (Wildman–Crippen LogP) is 3.02. The first kappa shape index (κ1) is 11.5. The Balaban J connectivity index is 2.17. The Bertz CT molecular complexity index is 646. The summed E-state index contributed by atoms with van der Waals surface area (Å²) in [4.78, 5) is 4.66. The number of rotatable bonds is 1. The second-order valence-electron chi connectivity index (χ2n) is 4.53. The minimum atomic E-state index is 0.523. The molecule has 0 spiro atoms. The van der Waals surface area contributed by atoms with Gasteiger partial charge in [-0.3, -0.25) is 5.41 Å². The van der Waals surface area contributed by atoms with Crippen LogP contribution in [0.1, 0.15) is 18.7 Å². The number of hydrogen-bond acceptors (Lipinski definition) is 2. The summed E-state index contributed by atoms with van der Waals surface area (Å²) >= 11 is 6.19. The zero-order valence-corrected chi connectivity index (χ0v) is 10.7. The second-order valence-corrected chi connectivity index (χ2v) is 4.94. The fourth-order valence-electron chi connectivity index (χ4n) is 2.38. The van der Waals surface area contributed by atoms with E-state index >= 15 is 0 Å². The molecule has 1 aromatic carbocycles. The number of nitrogens with one attached hydrogen (secondary N) is 1. The minimum Gasteiger partial charge on any atom is -0.315 e. The van der Waals surface area contributed by atoms with Crippen molar-refractivity contribution < 1.29 is 0 Å². The van der Waals surface area contributed by atoms with E-state index in [0.29, 0.717) is 10.5 Å². The van der Waals surface area contributed by atoms with Crippen molar-refractivity contribution in [2.24, 2.45) is 0 Å². The number of halogens is 1. The van der Waals surface area contributed by atoms with E-state index in [4.69, 9.17) is 17.0 Å². The largest absolute Gasteiger partial charge is 0.315 e. The smallest absolute Gasteiger partial charge is 0.128 e. The van der Waals surface area contributed by atoms with Crippen LogP contribution >= 0.6 is 11.6 Å². The van der Waals surface area contributed by atoms with Crippen molar-refractivity contribution in [1.29, 1.82) is 5.41 Å². The topological polar surface area (TPSA) is 41.7 Å². The van der Waals surface area contributed by atoms with Crippen LogP contribution in [0.5, 0.6) is 0 Å². The number of aryl methyl sites for hydroxylation is 1. The van der Waals surface area contributed by atoms with Crippen molar-refractivity contribution in [3.8, 4) is 11.3 Å². The van der Waals surface area contributed by atoms with E-state index in [-0.39, 0.29) is 0 Å². The normalized spacial score (nSPS) is 14.3. The molecule has 92 valence electrons. The molecule has 4 heteroatoms. The molecule has 0 aliphatic carbocycles. The predicted molar refractivity (Wildman–Crippen MR) is 71.5 cm³/mol. The number of nitrogens with zero attached hydrogens (tertiary/aromatic N) is 2. The standard InChI is InChI=1S/C14H14ClN3/c15-11-6-2-1-5-10(11)12-9-13(16)18-8-4-3-7-14(18)17-12/h1-2,5-6,9,16H,3-4,7-8H2. The van der Waals surface area contributed by atoms with Crippen LogP contribution < -0.4 is 5.49 Å². The molecule has 18 heavy (non-hydrogen) atoms. The highest BCUT2D eigenvalue weighted by Crippen LogP contribution is 2.25. The lowest BCUT2D eigenvalue weighted by molar-refractivity contribution is 0.489. The molecule has 0 radical (unpaired) electrons. The summed E-state index contributed by atoms with van der Waals surface area (Å²) < 4.78 is 1.99. The van der Waals surface area contributed by atoms with Crippen LogP contribution in [-0.4, -0.2) is 9.55 Å². The number of benzene rings is 1. The quantitative estimate of drug-likeness (QED) is 0.840. The molecule has 0 bridgehead atoms. The first-order chi connectivity index (χ1) is 8.75. The summed E-state index contributed by atoms with van der Waals surface area (Å²) in [6.07, 6.45) is 3.24. The van der Waals surface area contributed by atoms with Gasteiger partial charge in [0.05, 0.1) is 5.69 Å². The highest BCUT2D eigenvalue weighted by molar-refractivity contribution is 6.33. The van der Waals surface area contributed by atoms with Crippen LogP contribution in [0.4, 0.5) is 0 Å². The molecule has 3 rings (SSSR count). The Morgan fingerprint density at radius 1 is 1.22 bits per heavy atom. The Morgan fingerprint density at radius 2 is 2.06 bits per heavy atom. The fraction of sp³-hybridized carbons (Fsp3) is 0.286. The van der Waals surface area contributed by atoms with Gasteiger partial charge >= 0.3 is 0 Å². The van der Waals surface area contributed by atoms with E-state index in [2.05, 4.69) is 4.98 Å². The van der Waals surface area contributed by atoms with E-state index in [1.165, 1.54) is 0 Å². The minimum absolute atomic E-state index is 0.523. The van der Waals surface area contributed by atoms with Crippen molar-refractivity contribution >= 4 is 11.6 Å². The van der Waals surface area contributed by atoms with Crippen LogP contribution in [0.25, 0.3) is 11.3 Å². The van der Waals surface area contributed by atoms with Crippen molar-refractivity contribution in [2.75, 3.05) is 0 Å². The van der Waals surface area contributed by atoms with E-state index in [1.54, 1.807) is 6.07 Å². The maximum atomic E-state index is 8.09. The van der Waals surface area contributed by atoms with Crippen molar-refractivity contribution in [2.45, 2.75) is 25.8 Å². The zero-order valence-electron chi connectivity index (χ0n) is 9.99. The van der Waals surface area contributed by atoms with E-state index in [9.17, 15) is 0 Å². The highest BCUT2D eigenvalue weighted by Gasteiger charge is 2.13. The molecular weight excluding hydrogens is 246 g/mol. The molecule has 1 aliphatic heterocycles. The van der Waals surface area contributed by atoms with Crippen LogP contribution in [-0.2, 0) is 13.0 Å². The van der Waals surface area contributed by atoms with E-state index < -0.39 is 0 Å². The van der Waals surface area contributed by atoms with Gasteiger partial charge in [0.25, 0.3) is 0 Å². The summed E-state index contributed by atoms with van der Waals surface area (Å²) in [5.41, 5.74) is 2.23. The van der Waals surface area contributed by atoms with Gasteiger partial charge in [-0.25, -0.2) is 4.98 Å². The third kappa shape index (κ3) is 1.95. The molecule has 1 N–H and O–H groups in total. The SMILES string of the molecule is N=c1cc(-c2ccccc2Cl)nc2n1CCCC2. The van der Waals surface area contributed by atoms with Crippen LogP contribution in [0.15, 0.2) is 30.3 Å². The third-order valence-corrected chi connectivity index (χ3v) is 3.64. The van der Waals surface area contributed by atoms with Gasteiger partial charge in [0.15, 0.2) is 0 Å². The number of hydrogen-bond donors (Lipinski definition) is 1. The fourth-order valence-corrected chi connectivity index (χ4v) is 2.61. The molecule has 0 unspecified atom stereocenters. The van der Waals surface area contributed by atoms with Crippen molar-refractivity contribution in [1.82, 2.24) is 9.55 Å². The van der Waals surface area contributed by atoms with Crippen molar-refractivity contribution in [3.63, 3.8) is 0 Å². The molecular formula is C14H14ClN3. The van der Waals surface area contributed by atoms with Gasteiger partial charge in [-0.05, 0) is 18.9 Å². The maximum Gasteiger partial charge on any atom is 0.128 e. The van der Waals surface area contributed by atoms with E-state index in [1.807, 2.05) is 28.8 Å². The highest BCUT2D eigenvalue weighted by atomic mass is 35.5. The third-order valence-electron chi connectivity index (χ3n) is 3.31. The monoisotopic (exact) mass is 259 g/mol. The molecule has 0 atom stereocenters. The molecule has 0 saturated heterocycles. The van der Waals surface area contributed by atoms with E-state index in [0.717, 1.165) is 42.9 Å². The molecule has 2 aromatic rings. The summed E-state index contributed by atoms with van der Waals surface area (Å²) in [6, 6.07) is 9.45. The Kier molecular flexibility index (Phi) is 2.92. The van der Waals surface area contributed by atoms with Gasteiger partial charge in [-0.15, -0.1) is 0 Å². The van der Waals surface area contributed by atoms with Gasteiger partial charge in [-0.1, -0.05) is 29.8 Å². The lowest BCUT2D eigenvalue weighted by Crippen LogP contribution is -2.28. The van der Waals surface area contributed by atoms with Crippen molar-refractivity contribution in [3.05, 3.63) is 46.7 Å². The second kappa shape index (κ2) is 4.58. The van der Waals surface area contributed by atoms with Gasteiger partial charge in [0, 0.05) is 29.6 Å². The molecule has 0 amide bonds. The average Bonchev–Trinajstić information content (AvgIpc) is 2.39. The molecule has 1 aliphatic rings. The van der Waals surface area contributed by atoms with Crippen LogP contribution in [0, 0.1) is 5.41 Å². The molecule has 0 saturated carbocycles. The maximum absolute atomic E-state index is 8.09. The summed E-state index contributed by atoms with van der Waals surface area (Å²) in [6.45, 7) is 0.907. The Labute approximate surface area is 111 Å². The van der Waals surface area contributed by atoms with Gasteiger partial charge < -0.3 is 4.57 Å². The summed E-state index contributed by atoms with van der Waals surface area (Å²) in [5, 5.41) is 8.77. The summed E-state index contributed by atoms with van der Waals surface area (Å²) in [5.74, 6) is 1.00.